The Morgan fingerprint density at radius 3 is 2.42 bits per heavy atom. The first-order valence-electron chi connectivity index (χ1n) is 10.5. The van der Waals surface area contributed by atoms with Gasteiger partial charge in [0.2, 0.25) is 5.78 Å². The number of aliphatic hydroxyl groups is 1. The maximum absolute atomic E-state index is 13.7. The fraction of sp³-hybridized carbons (Fsp3) is 0.111. The molecule has 1 amide bonds. The third kappa shape index (κ3) is 3.36. The molecule has 1 aliphatic heterocycles. The van der Waals surface area contributed by atoms with Gasteiger partial charge in [-0.05, 0) is 37.3 Å². The van der Waals surface area contributed by atoms with E-state index in [-0.39, 0.29) is 11.3 Å². The number of carbonyl (C=O) groups excluding carboxylic acids is 2. The van der Waals surface area contributed by atoms with E-state index in [1.165, 1.54) is 12.0 Å². The molecule has 1 N–H and O–H groups in total. The summed E-state index contributed by atoms with van der Waals surface area (Å²) in [6, 6.07) is 22.4. The number of anilines is 1. The number of fused-ring (bicyclic) bond motifs is 1. The largest absolute Gasteiger partial charge is 0.503 e. The van der Waals surface area contributed by atoms with Crippen molar-refractivity contribution in [2.45, 2.75) is 13.0 Å². The molecule has 2 heterocycles. The number of benzene rings is 3. The van der Waals surface area contributed by atoms with Crippen molar-refractivity contribution in [1.82, 2.24) is 0 Å². The molecule has 1 aromatic heterocycles. The number of hydrogen-bond donors (Lipinski definition) is 1. The van der Waals surface area contributed by atoms with Crippen LogP contribution in [0.15, 0.2) is 94.6 Å². The predicted octanol–water partition coefficient (Wildman–Crippen LogP) is 5.53. The van der Waals surface area contributed by atoms with E-state index in [0.29, 0.717) is 22.6 Å². The molecular weight excluding hydrogens is 418 g/mol. The van der Waals surface area contributed by atoms with Crippen LogP contribution in [0.2, 0.25) is 0 Å². The second-order valence-corrected chi connectivity index (χ2v) is 7.90. The number of ether oxygens (including phenoxy) is 1. The van der Waals surface area contributed by atoms with Crippen LogP contribution < -0.4 is 9.64 Å². The Hall–Kier alpha value is -4.32. The highest BCUT2D eigenvalue weighted by Crippen LogP contribution is 2.45. The topological polar surface area (TPSA) is 80.0 Å². The number of carbonyl (C=O) groups is 2. The lowest BCUT2D eigenvalue weighted by Crippen LogP contribution is -2.31. The van der Waals surface area contributed by atoms with Crippen LogP contribution in [0.4, 0.5) is 5.69 Å². The minimum Gasteiger partial charge on any atom is -0.503 e. The Labute approximate surface area is 190 Å². The molecule has 6 heteroatoms. The highest BCUT2D eigenvalue weighted by atomic mass is 16.5. The monoisotopic (exact) mass is 439 g/mol. The number of amides is 1. The number of ketones is 1. The van der Waals surface area contributed by atoms with Gasteiger partial charge in [0.15, 0.2) is 11.5 Å². The van der Waals surface area contributed by atoms with Crippen molar-refractivity contribution in [3.63, 3.8) is 0 Å². The van der Waals surface area contributed by atoms with Gasteiger partial charge in [0.05, 0.1) is 18.7 Å². The van der Waals surface area contributed by atoms with Gasteiger partial charge in [-0.25, -0.2) is 0 Å². The molecule has 164 valence electrons. The number of Topliss-reactive ketones (excluding diaryl/α,β-unsaturated/α-hetero) is 1. The molecule has 6 nitrogen and oxygen atoms in total. The van der Waals surface area contributed by atoms with Crippen LogP contribution in [-0.2, 0) is 4.79 Å². The molecule has 4 aromatic rings. The molecule has 0 fully saturated rings. The summed E-state index contributed by atoms with van der Waals surface area (Å²) in [7, 11) is 1.52. The van der Waals surface area contributed by atoms with Gasteiger partial charge in [0.1, 0.15) is 11.3 Å². The number of nitrogens with zero attached hydrogens (tertiary/aromatic N) is 1. The number of rotatable bonds is 5. The highest BCUT2D eigenvalue weighted by Gasteiger charge is 2.46. The standard InChI is InChI=1S/C27H21NO5/c1-16-11-13-18(14-12-16)28-24(19-8-4-6-10-21(19)32-2)23(26(30)27(28)31)25(29)22-15-17-7-3-5-9-20(17)33-22/h3-15,24,30H,1-2H3. The van der Waals surface area contributed by atoms with Gasteiger partial charge >= 0.3 is 0 Å². The maximum atomic E-state index is 13.7. The first-order valence-corrected chi connectivity index (χ1v) is 10.5. The molecular formula is C27H21NO5. The number of para-hydroxylation sites is 2. The van der Waals surface area contributed by atoms with Crippen molar-refractivity contribution in [2.24, 2.45) is 0 Å². The maximum Gasteiger partial charge on any atom is 0.294 e. The lowest BCUT2D eigenvalue weighted by atomic mass is 9.94. The molecule has 0 bridgehead atoms. The van der Waals surface area contributed by atoms with Gasteiger partial charge < -0.3 is 14.3 Å². The summed E-state index contributed by atoms with van der Waals surface area (Å²) >= 11 is 0. The average Bonchev–Trinajstić information content (AvgIpc) is 3.38. The van der Waals surface area contributed by atoms with Crippen LogP contribution in [0.25, 0.3) is 11.0 Å². The van der Waals surface area contributed by atoms with Crippen LogP contribution >= 0.6 is 0 Å². The van der Waals surface area contributed by atoms with Crippen molar-refractivity contribution in [1.29, 1.82) is 0 Å². The fourth-order valence-electron chi connectivity index (χ4n) is 4.22. The molecule has 3 aromatic carbocycles. The Morgan fingerprint density at radius 2 is 1.70 bits per heavy atom. The number of hydrogen-bond acceptors (Lipinski definition) is 5. The summed E-state index contributed by atoms with van der Waals surface area (Å²) in [5.41, 5.74) is 2.66. The fourth-order valence-corrected chi connectivity index (χ4v) is 4.22. The third-order valence-electron chi connectivity index (χ3n) is 5.85. The van der Waals surface area contributed by atoms with Gasteiger partial charge in [-0.15, -0.1) is 0 Å². The summed E-state index contributed by atoms with van der Waals surface area (Å²) in [6.45, 7) is 1.94. The summed E-state index contributed by atoms with van der Waals surface area (Å²) in [6.07, 6.45) is 0. The Kier molecular flexibility index (Phi) is 4.98. The zero-order valence-corrected chi connectivity index (χ0v) is 18.1. The second kappa shape index (κ2) is 7.98. The van der Waals surface area contributed by atoms with Crippen molar-refractivity contribution in [2.75, 3.05) is 12.0 Å². The van der Waals surface area contributed by atoms with E-state index in [0.717, 1.165) is 10.9 Å². The van der Waals surface area contributed by atoms with Gasteiger partial charge in [-0.3, -0.25) is 14.5 Å². The Bertz CT molecular complexity index is 1380. The van der Waals surface area contributed by atoms with E-state index in [4.69, 9.17) is 9.15 Å². The molecule has 5 rings (SSSR count). The normalized spacial score (nSPS) is 16.0. The zero-order chi connectivity index (χ0) is 23.1. The predicted molar refractivity (Wildman–Crippen MR) is 125 cm³/mol. The van der Waals surface area contributed by atoms with E-state index >= 15 is 0 Å². The van der Waals surface area contributed by atoms with E-state index in [9.17, 15) is 14.7 Å². The van der Waals surface area contributed by atoms with Crippen molar-refractivity contribution in [3.8, 4) is 5.75 Å². The van der Waals surface area contributed by atoms with Crippen LogP contribution in [0.3, 0.4) is 0 Å². The van der Waals surface area contributed by atoms with Crippen LogP contribution in [0.1, 0.15) is 27.7 Å². The number of aryl methyl sites for hydroxylation is 1. The van der Waals surface area contributed by atoms with E-state index in [1.807, 2.05) is 37.3 Å². The molecule has 0 spiro atoms. The highest BCUT2D eigenvalue weighted by molar-refractivity contribution is 6.20. The van der Waals surface area contributed by atoms with Crippen molar-refractivity contribution < 1.29 is 23.8 Å². The van der Waals surface area contributed by atoms with Gasteiger partial charge in [-0.2, -0.15) is 0 Å². The molecule has 1 atom stereocenters. The molecule has 0 radical (unpaired) electrons. The molecule has 33 heavy (non-hydrogen) atoms. The zero-order valence-electron chi connectivity index (χ0n) is 18.1. The lowest BCUT2D eigenvalue weighted by Gasteiger charge is -2.28. The molecule has 0 aliphatic carbocycles. The van der Waals surface area contributed by atoms with Crippen molar-refractivity contribution >= 4 is 28.3 Å². The summed E-state index contributed by atoms with van der Waals surface area (Å²) in [4.78, 5) is 28.4. The summed E-state index contributed by atoms with van der Waals surface area (Å²) in [5, 5.41) is 11.7. The molecule has 0 saturated carbocycles. The SMILES string of the molecule is COc1ccccc1C1C(C(=O)c2cc3ccccc3o2)=C(O)C(=O)N1c1ccc(C)cc1. The van der Waals surface area contributed by atoms with Gasteiger partial charge in [0, 0.05) is 16.6 Å². The molecule has 1 aliphatic rings. The number of furan rings is 1. The second-order valence-electron chi connectivity index (χ2n) is 7.90. The third-order valence-corrected chi connectivity index (χ3v) is 5.85. The Morgan fingerprint density at radius 1 is 1.00 bits per heavy atom. The lowest BCUT2D eigenvalue weighted by molar-refractivity contribution is -0.117. The average molecular weight is 439 g/mol. The van der Waals surface area contributed by atoms with Gasteiger partial charge in [-0.1, -0.05) is 54.1 Å². The van der Waals surface area contributed by atoms with Crippen molar-refractivity contribution in [3.05, 3.63) is 107 Å². The van der Waals surface area contributed by atoms with E-state index in [1.54, 1.807) is 48.5 Å². The first-order chi connectivity index (χ1) is 16.0. The van der Waals surface area contributed by atoms with Crippen LogP contribution in [-0.4, -0.2) is 23.9 Å². The summed E-state index contributed by atoms with van der Waals surface area (Å²) < 4.78 is 11.3. The van der Waals surface area contributed by atoms with Crippen LogP contribution in [0.5, 0.6) is 5.75 Å². The minimum atomic E-state index is -0.892. The van der Waals surface area contributed by atoms with Gasteiger partial charge in [0.25, 0.3) is 5.91 Å². The number of aliphatic hydroxyl groups excluding tert-OH is 1. The smallest absolute Gasteiger partial charge is 0.294 e. The summed E-state index contributed by atoms with van der Waals surface area (Å²) in [5.74, 6) is -1.26. The molecule has 1 unspecified atom stereocenters. The molecule has 0 saturated heterocycles. The minimum absolute atomic E-state index is 0.0517. The first kappa shape index (κ1) is 20.6. The Balaban J connectivity index is 1.69. The quantitative estimate of drug-likeness (QED) is 0.414. The van der Waals surface area contributed by atoms with E-state index in [2.05, 4.69) is 0 Å². The van der Waals surface area contributed by atoms with E-state index < -0.39 is 23.5 Å². The van der Waals surface area contributed by atoms with Crippen LogP contribution in [0, 0.1) is 6.92 Å². The number of methoxy groups -OCH3 is 1.